The molecule has 2 unspecified atom stereocenters. The minimum Gasteiger partial charge on any atom is -0.390 e. The molecule has 46 heavy (non-hydrogen) atoms. The summed E-state index contributed by atoms with van der Waals surface area (Å²) < 4.78 is 16.5. The summed E-state index contributed by atoms with van der Waals surface area (Å²) >= 11 is 0. The van der Waals surface area contributed by atoms with Crippen molar-refractivity contribution in [1.82, 2.24) is 0 Å². The van der Waals surface area contributed by atoms with E-state index in [1.807, 2.05) is 0 Å². The van der Waals surface area contributed by atoms with Crippen molar-refractivity contribution in [3.8, 4) is 0 Å². The highest BCUT2D eigenvalue weighted by Crippen LogP contribution is 2.40. The smallest absolute Gasteiger partial charge is 0.390 e. The van der Waals surface area contributed by atoms with Crippen molar-refractivity contribution in [2.75, 3.05) is 0 Å². The van der Waals surface area contributed by atoms with E-state index in [1.54, 1.807) is 0 Å². The standard InChI is InChI=1S/C39H81O6P/c1-3-5-7-9-11-13-15-17-19-21-23-25-27-29-31-33-35-37(40)39(41)38(45-46(42,43)44)36-34-32-30-28-26-24-22-20-18-16-14-12-10-8-6-4-2/h37-41H,3-36H2,1-2H3,(H2,42,43,44)/t37?,38?,39-/m1/s1. The second-order valence-electron chi connectivity index (χ2n) is 14.4. The summed E-state index contributed by atoms with van der Waals surface area (Å²) in [6, 6.07) is 0. The summed E-state index contributed by atoms with van der Waals surface area (Å²) in [5.41, 5.74) is 0. The van der Waals surface area contributed by atoms with E-state index >= 15 is 0 Å². The number of hydrogen-bond acceptors (Lipinski definition) is 4. The average Bonchev–Trinajstić information content (AvgIpc) is 3.02. The third-order valence-corrected chi connectivity index (χ3v) is 10.3. The minimum atomic E-state index is -4.74. The molecular formula is C39H81O6P. The zero-order chi connectivity index (χ0) is 34.0. The van der Waals surface area contributed by atoms with Crippen LogP contribution in [-0.4, -0.2) is 38.3 Å². The Kier molecular flexibility index (Phi) is 34.9. The molecule has 0 amide bonds. The third kappa shape index (κ3) is 33.9. The quantitative estimate of drug-likeness (QED) is 0.0383. The number of rotatable bonds is 38. The zero-order valence-corrected chi connectivity index (χ0v) is 31.7. The molecule has 0 fully saturated rings. The Balaban J connectivity index is 3.82. The molecule has 0 saturated carbocycles. The molecule has 7 heteroatoms. The molecule has 6 nitrogen and oxygen atoms in total. The highest BCUT2D eigenvalue weighted by molar-refractivity contribution is 7.46. The van der Waals surface area contributed by atoms with Gasteiger partial charge in [0.2, 0.25) is 0 Å². The van der Waals surface area contributed by atoms with Crippen LogP contribution in [-0.2, 0) is 9.09 Å². The molecule has 0 aromatic rings. The van der Waals surface area contributed by atoms with Crippen LogP contribution in [0.1, 0.15) is 232 Å². The van der Waals surface area contributed by atoms with Crippen molar-refractivity contribution in [2.24, 2.45) is 0 Å². The van der Waals surface area contributed by atoms with Gasteiger partial charge < -0.3 is 20.0 Å². The fourth-order valence-corrected chi connectivity index (χ4v) is 7.26. The Morgan fingerprint density at radius 2 is 0.652 bits per heavy atom. The first-order chi connectivity index (χ1) is 22.3. The Hall–Kier alpha value is 0.0300. The van der Waals surface area contributed by atoms with Crippen molar-refractivity contribution >= 4 is 7.82 Å². The first-order valence-electron chi connectivity index (χ1n) is 20.4. The van der Waals surface area contributed by atoms with Gasteiger partial charge in [0.1, 0.15) is 6.10 Å². The highest BCUT2D eigenvalue weighted by atomic mass is 31.2. The Morgan fingerprint density at radius 1 is 0.413 bits per heavy atom. The lowest BCUT2D eigenvalue weighted by molar-refractivity contribution is -0.0628. The van der Waals surface area contributed by atoms with E-state index in [2.05, 4.69) is 13.8 Å². The Labute approximate surface area is 286 Å². The number of hydrogen-bond donors (Lipinski definition) is 4. The average molecular weight is 677 g/mol. The summed E-state index contributed by atoms with van der Waals surface area (Å²) in [5.74, 6) is 0. The lowest BCUT2D eigenvalue weighted by Crippen LogP contribution is -2.38. The summed E-state index contributed by atoms with van der Waals surface area (Å²) in [6.07, 6.45) is 38.1. The molecule has 0 bridgehead atoms. The van der Waals surface area contributed by atoms with Crippen molar-refractivity contribution in [1.29, 1.82) is 0 Å². The van der Waals surface area contributed by atoms with E-state index in [0.717, 1.165) is 38.5 Å². The summed E-state index contributed by atoms with van der Waals surface area (Å²) in [5, 5.41) is 21.2. The second-order valence-corrected chi connectivity index (χ2v) is 15.6. The molecule has 0 aliphatic rings. The van der Waals surface area contributed by atoms with Gasteiger partial charge in [0.05, 0.1) is 12.2 Å². The summed E-state index contributed by atoms with van der Waals surface area (Å²) in [4.78, 5) is 18.7. The van der Waals surface area contributed by atoms with Gasteiger partial charge in [-0.3, -0.25) is 4.52 Å². The topological polar surface area (TPSA) is 107 Å². The molecule has 0 spiro atoms. The summed E-state index contributed by atoms with van der Waals surface area (Å²) in [6.45, 7) is 4.53. The van der Waals surface area contributed by atoms with Gasteiger partial charge in [-0.1, -0.05) is 219 Å². The molecule has 0 aliphatic heterocycles. The number of phosphoric ester groups is 1. The lowest BCUT2D eigenvalue weighted by atomic mass is 9.97. The van der Waals surface area contributed by atoms with Gasteiger partial charge in [-0.2, -0.15) is 0 Å². The fraction of sp³-hybridized carbons (Fsp3) is 1.00. The third-order valence-electron chi connectivity index (χ3n) is 9.74. The van der Waals surface area contributed by atoms with Crippen LogP contribution in [0.25, 0.3) is 0 Å². The molecule has 4 N–H and O–H groups in total. The van der Waals surface area contributed by atoms with Crippen LogP contribution >= 0.6 is 7.82 Å². The van der Waals surface area contributed by atoms with Gasteiger partial charge in [-0.05, 0) is 12.8 Å². The normalized spacial score (nSPS) is 14.1. The SMILES string of the molecule is CCCCCCCCCCCCCCCCCCC(O)[C@@H](O)C(CCCCCCCCCCCCCCCCCC)OP(=O)(O)O. The Bertz CT molecular complexity index is 642. The minimum absolute atomic E-state index is 0.348. The van der Waals surface area contributed by atoms with Crippen LogP contribution < -0.4 is 0 Å². The van der Waals surface area contributed by atoms with Crippen LogP contribution in [0, 0.1) is 0 Å². The van der Waals surface area contributed by atoms with Gasteiger partial charge in [0.25, 0.3) is 0 Å². The molecule has 0 rings (SSSR count). The molecule has 0 aliphatic carbocycles. The van der Waals surface area contributed by atoms with E-state index in [9.17, 15) is 24.6 Å². The molecular weight excluding hydrogens is 595 g/mol. The number of unbranched alkanes of at least 4 members (excludes halogenated alkanes) is 30. The monoisotopic (exact) mass is 677 g/mol. The highest BCUT2D eigenvalue weighted by Gasteiger charge is 2.32. The molecule has 0 aromatic carbocycles. The second kappa shape index (κ2) is 34.9. The van der Waals surface area contributed by atoms with E-state index < -0.39 is 26.1 Å². The van der Waals surface area contributed by atoms with E-state index in [4.69, 9.17) is 4.52 Å². The molecule has 0 saturated heterocycles. The maximum atomic E-state index is 11.5. The van der Waals surface area contributed by atoms with E-state index in [-0.39, 0.29) is 0 Å². The van der Waals surface area contributed by atoms with Crippen LogP contribution in [0.4, 0.5) is 0 Å². The van der Waals surface area contributed by atoms with Gasteiger partial charge in [-0.15, -0.1) is 0 Å². The van der Waals surface area contributed by atoms with Crippen LogP contribution in [0.3, 0.4) is 0 Å². The van der Waals surface area contributed by atoms with Crippen LogP contribution in [0.15, 0.2) is 0 Å². The Morgan fingerprint density at radius 3 is 0.913 bits per heavy atom. The molecule has 3 atom stereocenters. The molecule has 278 valence electrons. The van der Waals surface area contributed by atoms with Gasteiger partial charge in [0.15, 0.2) is 0 Å². The number of aliphatic hydroxyl groups is 2. The van der Waals surface area contributed by atoms with Crippen molar-refractivity contribution < 1.29 is 29.1 Å². The predicted octanol–water partition coefficient (Wildman–Crippen LogP) is 12.5. The van der Waals surface area contributed by atoms with Crippen molar-refractivity contribution in [3.63, 3.8) is 0 Å². The largest absolute Gasteiger partial charge is 0.469 e. The predicted molar refractivity (Wildman–Crippen MR) is 197 cm³/mol. The van der Waals surface area contributed by atoms with Crippen molar-refractivity contribution in [3.05, 3.63) is 0 Å². The number of phosphoric acid groups is 1. The van der Waals surface area contributed by atoms with Crippen molar-refractivity contribution in [2.45, 2.75) is 250 Å². The van der Waals surface area contributed by atoms with Gasteiger partial charge in [-0.25, -0.2) is 4.57 Å². The van der Waals surface area contributed by atoms with Crippen LogP contribution in [0.5, 0.6) is 0 Å². The first kappa shape index (κ1) is 46.0. The maximum absolute atomic E-state index is 11.5. The summed E-state index contributed by atoms with van der Waals surface area (Å²) in [7, 11) is -4.74. The molecule has 0 aromatic heterocycles. The van der Waals surface area contributed by atoms with E-state index in [1.165, 1.54) is 167 Å². The van der Waals surface area contributed by atoms with Gasteiger partial charge in [0, 0.05) is 0 Å². The molecule has 0 heterocycles. The fourth-order valence-electron chi connectivity index (χ4n) is 6.68. The molecule has 0 radical (unpaired) electrons. The van der Waals surface area contributed by atoms with Gasteiger partial charge >= 0.3 is 7.82 Å². The van der Waals surface area contributed by atoms with E-state index in [0.29, 0.717) is 12.8 Å². The lowest BCUT2D eigenvalue weighted by Gasteiger charge is -2.27. The number of aliphatic hydroxyl groups excluding tert-OH is 2. The maximum Gasteiger partial charge on any atom is 0.469 e. The van der Waals surface area contributed by atoms with Crippen LogP contribution in [0.2, 0.25) is 0 Å². The zero-order valence-electron chi connectivity index (χ0n) is 30.8. The first-order valence-corrected chi connectivity index (χ1v) is 21.9.